The molecule has 1 nitrogen and oxygen atoms in total. The van der Waals surface area contributed by atoms with Crippen molar-refractivity contribution in [3.63, 3.8) is 0 Å². The van der Waals surface area contributed by atoms with Crippen LogP contribution in [0, 0.1) is 11.8 Å². The molecule has 2 fully saturated rings. The van der Waals surface area contributed by atoms with Crippen LogP contribution in [-0.2, 0) is 0 Å². The maximum atomic E-state index is 12.7. The highest BCUT2D eigenvalue weighted by Crippen LogP contribution is 2.42. The number of rotatable bonds is 5. The highest BCUT2D eigenvalue weighted by atomic mass is 19.3. The normalized spacial score (nSPS) is 30.2. The van der Waals surface area contributed by atoms with E-state index in [-0.39, 0.29) is 18.8 Å². The third kappa shape index (κ3) is 5.76. The van der Waals surface area contributed by atoms with Gasteiger partial charge in [-0.05, 0) is 44.1 Å². The second-order valence-electron chi connectivity index (χ2n) is 6.04. The third-order valence-corrected chi connectivity index (χ3v) is 4.41. The van der Waals surface area contributed by atoms with Crippen molar-refractivity contribution in [2.24, 2.45) is 11.8 Å². The second-order valence-corrected chi connectivity index (χ2v) is 6.04. The summed E-state index contributed by atoms with van der Waals surface area (Å²) in [5, 5.41) is 3.49. The predicted octanol–water partition coefficient (Wildman–Crippen LogP) is 5.01. The number of hydrogen-bond acceptors (Lipinski definition) is 1. The van der Waals surface area contributed by atoms with Crippen LogP contribution in [0.15, 0.2) is 0 Å². The maximum Gasteiger partial charge on any atom is 0.248 e. The molecule has 2 saturated carbocycles. The largest absolute Gasteiger partial charge is 0.314 e. The molecule has 0 unspecified atom stereocenters. The Labute approximate surface area is 117 Å². The minimum absolute atomic E-state index is 0.102. The topological polar surface area (TPSA) is 12.0 Å². The summed E-state index contributed by atoms with van der Waals surface area (Å²) >= 11 is 0. The van der Waals surface area contributed by atoms with E-state index >= 15 is 0 Å². The minimum Gasteiger partial charge on any atom is -0.314 e. The summed E-state index contributed by atoms with van der Waals surface area (Å²) in [5.74, 6) is -1.21. The molecule has 0 heterocycles. The summed E-state index contributed by atoms with van der Waals surface area (Å²) in [7, 11) is 0. The number of nitrogens with one attached hydrogen (secondary N) is 1. The van der Waals surface area contributed by atoms with Crippen LogP contribution in [-0.4, -0.2) is 18.5 Å². The molecule has 1 N–H and O–H groups in total. The van der Waals surface area contributed by atoms with Gasteiger partial charge in [-0.2, -0.15) is 0 Å². The van der Waals surface area contributed by atoms with Gasteiger partial charge < -0.3 is 5.32 Å². The standard InChI is InChI=1S/C14H25F2N.C2H6/c1-2-3-11-4-6-13(7-5-11)17-10-12-8-14(15,16)9-12;1-2/h11-13,17H,2-10H2,1H3;1-2H3. The molecule has 0 radical (unpaired) electrons. The highest BCUT2D eigenvalue weighted by molar-refractivity contribution is 4.88. The van der Waals surface area contributed by atoms with E-state index < -0.39 is 5.92 Å². The Hall–Kier alpha value is -0.180. The molecule has 0 amide bonds. The Bertz CT molecular complexity index is 227. The van der Waals surface area contributed by atoms with E-state index in [9.17, 15) is 8.78 Å². The predicted molar refractivity (Wildman–Crippen MR) is 77.7 cm³/mol. The molecule has 0 bridgehead atoms. The molecule has 0 aromatic rings. The van der Waals surface area contributed by atoms with Crippen LogP contribution in [0.1, 0.15) is 72.1 Å². The van der Waals surface area contributed by atoms with Crippen molar-refractivity contribution >= 4 is 0 Å². The first kappa shape index (κ1) is 16.9. The Morgan fingerprint density at radius 1 is 1.00 bits per heavy atom. The fraction of sp³-hybridized carbons (Fsp3) is 1.00. The van der Waals surface area contributed by atoms with Gasteiger partial charge in [-0.1, -0.05) is 33.6 Å². The summed E-state index contributed by atoms with van der Waals surface area (Å²) in [5.41, 5.74) is 0. The molecule has 19 heavy (non-hydrogen) atoms. The fourth-order valence-corrected chi connectivity index (χ4v) is 3.33. The molecule has 0 aliphatic heterocycles. The molecule has 2 rings (SSSR count). The summed E-state index contributed by atoms with van der Waals surface area (Å²) < 4.78 is 25.3. The average Bonchev–Trinajstić information content (AvgIpc) is 2.38. The smallest absolute Gasteiger partial charge is 0.248 e. The Kier molecular flexibility index (Phi) is 7.27. The first-order valence-electron chi connectivity index (χ1n) is 8.20. The van der Waals surface area contributed by atoms with Crippen molar-refractivity contribution in [3.05, 3.63) is 0 Å². The third-order valence-electron chi connectivity index (χ3n) is 4.41. The molecule has 0 atom stereocenters. The van der Waals surface area contributed by atoms with Crippen molar-refractivity contribution in [1.29, 1.82) is 0 Å². The number of halogens is 2. The van der Waals surface area contributed by atoms with E-state index in [0.29, 0.717) is 6.04 Å². The molecule has 3 heteroatoms. The lowest BCUT2D eigenvalue weighted by atomic mass is 9.80. The molecular formula is C16H31F2N. The quantitative estimate of drug-likeness (QED) is 0.744. The van der Waals surface area contributed by atoms with Gasteiger partial charge >= 0.3 is 0 Å². The van der Waals surface area contributed by atoms with Gasteiger partial charge in [-0.25, -0.2) is 8.78 Å². The molecule has 0 saturated heterocycles. The van der Waals surface area contributed by atoms with Gasteiger partial charge in [0.25, 0.3) is 0 Å². The Morgan fingerprint density at radius 2 is 1.58 bits per heavy atom. The van der Waals surface area contributed by atoms with Gasteiger partial charge in [0.2, 0.25) is 5.92 Å². The van der Waals surface area contributed by atoms with E-state index in [1.807, 2.05) is 13.8 Å². The van der Waals surface area contributed by atoms with E-state index in [0.717, 1.165) is 12.5 Å². The zero-order chi connectivity index (χ0) is 14.3. The SMILES string of the molecule is CC.CCCC1CCC(NCC2CC(F)(F)C2)CC1. The van der Waals surface area contributed by atoms with Gasteiger partial charge in [0.15, 0.2) is 0 Å². The van der Waals surface area contributed by atoms with Crippen LogP contribution in [0.5, 0.6) is 0 Å². The van der Waals surface area contributed by atoms with Crippen LogP contribution in [0.3, 0.4) is 0 Å². The molecule has 0 aromatic carbocycles. The van der Waals surface area contributed by atoms with Crippen molar-refractivity contribution < 1.29 is 8.78 Å². The molecule has 0 aromatic heterocycles. The molecule has 0 spiro atoms. The van der Waals surface area contributed by atoms with Crippen molar-refractivity contribution in [2.45, 2.75) is 84.1 Å². The lowest BCUT2D eigenvalue weighted by Crippen LogP contribution is -2.44. The van der Waals surface area contributed by atoms with Crippen LogP contribution in [0.2, 0.25) is 0 Å². The second kappa shape index (κ2) is 8.18. The van der Waals surface area contributed by atoms with Gasteiger partial charge in [0.05, 0.1) is 0 Å². The van der Waals surface area contributed by atoms with Crippen molar-refractivity contribution in [2.75, 3.05) is 6.54 Å². The highest BCUT2D eigenvalue weighted by Gasteiger charge is 2.44. The summed E-state index contributed by atoms with van der Waals surface area (Å²) in [4.78, 5) is 0. The van der Waals surface area contributed by atoms with Gasteiger partial charge in [0, 0.05) is 18.9 Å². The molecule has 2 aliphatic carbocycles. The average molecular weight is 275 g/mol. The van der Waals surface area contributed by atoms with Crippen LogP contribution in [0.4, 0.5) is 8.78 Å². The lowest BCUT2D eigenvalue weighted by Gasteiger charge is -2.37. The number of alkyl halides is 2. The van der Waals surface area contributed by atoms with Gasteiger partial charge in [0.1, 0.15) is 0 Å². The molecule has 2 aliphatic rings. The molecular weight excluding hydrogens is 244 g/mol. The summed E-state index contributed by atoms with van der Waals surface area (Å²) in [6, 6.07) is 0.595. The van der Waals surface area contributed by atoms with E-state index in [1.54, 1.807) is 0 Å². The van der Waals surface area contributed by atoms with Crippen molar-refractivity contribution in [3.8, 4) is 0 Å². The van der Waals surface area contributed by atoms with Gasteiger partial charge in [-0.3, -0.25) is 0 Å². The van der Waals surface area contributed by atoms with E-state index in [4.69, 9.17) is 0 Å². The molecule has 114 valence electrons. The summed E-state index contributed by atoms with van der Waals surface area (Å²) in [6.45, 7) is 7.06. The zero-order valence-corrected chi connectivity index (χ0v) is 12.9. The van der Waals surface area contributed by atoms with E-state index in [1.165, 1.54) is 38.5 Å². The Morgan fingerprint density at radius 3 is 2.05 bits per heavy atom. The van der Waals surface area contributed by atoms with Crippen LogP contribution in [0.25, 0.3) is 0 Å². The van der Waals surface area contributed by atoms with Crippen LogP contribution >= 0.6 is 0 Å². The van der Waals surface area contributed by atoms with Crippen molar-refractivity contribution in [1.82, 2.24) is 5.32 Å². The minimum atomic E-state index is -2.36. The van der Waals surface area contributed by atoms with Gasteiger partial charge in [-0.15, -0.1) is 0 Å². The Balaban J connectivity index is 0.000000861. The zero-order valence-electron chi connectivity index (χ0n) is 12.9. The summed E-state index contributed by atoms with van der Waals surface area (Å²) in [6.07, 6.45) is 8.00. The monoisotopic (exact) mass is 275 g/mol. The van der Waals surface area contributed by atoms with Crippen LogP contribution < -0.4 is 5.32 Å². The maximum absolute atomic E-state index is 12.7. The lowest BCUT2D eigenvalue weighted by molar-refractivity contribution is -0.109. The fourth-order valence-electron chi connectivity index (χ4n) is 3.33. The first-order chi connectivity index (χ1) is 9.09. The number of hydrogen-bond donors (Lipinski definition) is 1. The van der Waals surface area contributed by atoms with E-state index in [2.05, 4.69) is 12.2 Å². The first-order valence-corrected chi connectivity index (χ1v) is 8.20.